The first-order valence-corrected chi connectivity index (χ1v) is 10.4. The van der Waals surface area contributed by atoms with Crippen LogP contribution in [0.3, 0.4) is 0 Å². The van der Waals surface area contributed by atoms with Gasteiger partial charge in [0.15, 0.2) is 0 Å². The zero-order valence-corrected chi connectivity index (χ0v) is 16.7. The molecule has 3 amide bonds. The highest BCUT2D eigenvalue weighted by Crippen LogP contribution is 2.30. The van der Waals surface area contributed by atoms with E-state index in [4.69, 9.17) is 0 Å². The molecule has 6 heteroatoms. The summed E-state index contributed by atoms with van der Waals surface area (Å²) in [5, 5.41) is 3.05. The predicted molar refractivity (Wildman–Crippen MR) is 107 cm³/mol. The lowest BCUT2D eigenvalue weighted by molar-refractivity contribution is -0.143. The molecule has 152 valence electrons. The molecule has 1 heterocycles. The third kappa shape index (κ3) is 5.33. The van der Waals surface area contributed by atoms with Gasteiger partial charge < -0.3 is 15.1 Å². The molecule has 1 aromatic carbocycles. The van der Waals surface area contributed by atoms with Crippen molar-refractivity contribution in [1.82, 2.24) is 15.1 Å². The van der Waals surface area contributed by atoms with Gasteiger partial charge in [-0.15, -0.1) is 0 Å². The molecule has 0 bridgehead atoms. The number of hydrogen-bond acceptors (Lipinski definition) is 3. The monoisotopic (exact) mass is 385 g/mol. The van der Waals surface area contributed by atoms with Crippen molar-refractivity contribution in [2.45, 2.75) is 39.0 Å². The van der Waals surface area contributed by atoms with Crippen LogP contribution in [0.5, 0.6) is 0 Å². The van der Waals surface area contributed by atoms with Crippen LogP contribution in [0.15, 0.2) is 30.3 Å². The van der Waals surface area contributed by atoms with Crippen LogP contribution in [0.25, 0.3) is 0 Å². The lowest BCUT2D eigenvalue weighted by Crippen LogP contribution is -2.51. The molecule has 3 rings (SSSR count). The molecule has 2 aliphatic rings. The molecule has 0 aromatic heterocycles. The van der Waals surface area contributed by atoms with Gasteiger partial charge in [-0.25, -0.2) is 0 Å². The first-order chi connectivity index (χ1) is 13.5. The van der Waals surface area contributed by atoms with Gasteiger partial charge in [-0.1, -0.05) is 30.3 Å². The summed E-state index contributed by atoms with van der Waals surface area (Å²) in [6, 6.07) is 10.1. The molecule has 28 heavy (non-hydrogen) atoms. The Kier molecular flexibility index (Phi) is 7.06. The topological polar surface area (TPSA) is 69.7 Å². The Morgan fingerprint density at radius 3 is 2.07 bits per heavy atom. The van der Waals surface area contributed by atoms with E-state index >= 15 is 0 Å². The van der Waals surface area contributed by atoms with Crippen LogP contribution in [-0.4, -0.2) is 60.2 Å². The molecule has 1 aliphatic heterocycles. The van der Waals surface area contributed by atoms with Crippen molar-refractivity contribution in [3.05, 3.63) is 35.9 Å². The van der Waals surface area contributed by atoms with Gasteiger partial charge in [0.2, 0.25) is 17.7 Å². The Bertz CT molecular complexity index is 676. The van der Waals surface area contributed by atoms with Crippen molar-refractivity contribution in [1.29, 1.82) is 0 Å². The van der Waals surface area contributed by atoms with Gasteiger partial charge in [0.1, 0.15) is 0 Å². The van der Waals surface area contributed by atoms with E-state index < -0.39 is 0 Å². The van der Waals surface area contributed by atoms with Crippen LogP contribution >= 0.6 is 0 Å². The normalized spacial score (nSPS) is 22.6. The third-order valence-corrected chi connectivity index (χ3v) is 6.04. The number of rotatable bonds is 5. The van der Waals surface area contributed by atoms with Gasteiger partial charge >= 0.3 is 0 Å². The number of amides is 3. The number of nitrogens with one attached hydrogen (secondary N) is 1. The first kappa shape index (κ1) is 20.4. The summed E-state index contributed by atoms with van der Waals surface area (Å²) in [6.07, 6.45) is 3.96. The van der Waals surface area contributed by atoms with Crippen molar-refractivity contribution in [3.8, 4) is 0 Å². The maximum absolute atomic E-state index is 12.8. The molecular formula is C22H31N3O3. The second-order valence-electron chi connectivity index (χ2n) is 7.91. The van der Waals surface area contributed by atoms with Crippen LogP contribution < -0.4 is 5.32 Å². The van der Waals surface area contributed by atoms with E-state index in [1.54, 1.807) is 11.8 Å². The third-order valence-electron chi connectivity index (χ3n) is 6.04. The van der Waals surface area contributed by atoms with Crippen molar-refractivity contribution in [3.63, 3.8) is 0 Å². The van der Waals surface area contributed by atoms with E-state index in [0.717, 1.165) is 32.1 Å². The molecule has 2 fully saturated rings. The minimum Gasteiger partial charge on any atom is -0.356 e. The van der Waals surface area contributed by atoms with Crippen molar-refractivity contribution in [2.75, 3.05) is 32.7 Å². The highest BCUT2D eigenvalue weighted by atomic mass is 16.2. The summed E-state index contributed by atoms with van der Waals surface area (Å²) >= 11 is 0. The van der Waals surface area contributed by atoms with E-state index in [0.29, 0.717) is 32.7 Å². The van der Waals surface area contributed by atoms with Gasteiger partial charge in [-0.05, 0) is 37.7 Å². The molecule has 1 aromatic rings. The average molecular weight is 386 g/mol. The summed E-state index contributed by atoms with van der Waals surface area (Å²) < 4.78 is 0. The molecule has 0 atom stereocenters. The predicted octanol–water partition coefficient (Wildman–Crippen LogP) is 1.84. The van der Waals surface area contributed by atoms with Gasteiger partial charge in [-0.2, -0.15) is 0 Å². The van der Waals surface area contributed by atoms with Gasteiger partial charge in [0, 0.05) is 51.5 Å². The van der Waals surface area contributed by atoms with Crippen LogP contribution in [0.4, 0.5) is 0 Å². The maximum Gasteiger partial charge on any atom is 0.225 e. The molecular weight excluding hydrogens is 354 g/mol. The van der Waals surface area contributed by atoms with Crippen molar-refractivity contribution < 1.29 is 14.4 Å². The first-order valence-electron chi connectivity index (χ1n) is 10.4. The number of hydrogen-bond donors (Lipinski definition) is 1. The smallest absolute Gasteiger partial charge is 0.225 e. The fourth-order valence-electron chi connectivity index (χ4n) is 4.22. The largest absolute Gasteiger partial charge is 0.356 e. The summed E-state index contributed by atoms with van der Waals surface area (Å²) in [4.78, 5) is 40.3. The zero-order chi connectivity index (χ0) is 19.9. The number of carbonyl (C=O) groups excluding carboxylic acids is 3. The Labute approximate surface area is 167 Å². The summed E-state index contributed by atoms with van der Waals surface area (Å²) in [5.41, 5.74) is 1.22. The Morgan fingerprint density at radius 1 is 0.893 bits per heavy atom. The minimum atomic E-state index is 0.0226. The number of nitrogens with zero attached hydrogens (tertiary/aromatic N) is 2. The SMILES string of the molecule is CC(=O)N1CCN(C(=O)C2CCC(C(=O)NCCc3ccccc3)CC2)CC1. The zero-order valence-electron chi connectivity index (χ0n) is 16.7. The molecule has 0 radical (unpaired) electrons. The van der Waals surface area contributed by atoms with Crippen LogP contribution in [0.2, 0.25) is 0 Å². The van der Waals surface area contributed by atoms with Crippen LogP contribution in [0.1, 0.15) is 38.2 Å². The molecule has 6 nitrogen and oxygen atoms in total. The summed E-state index contributed by atoms with van der Waals surface area (Å²) in [6.45, 7) is 4.73. The molecule has 1 N–H and O–H groups in total. The lowest BCUT2D eigenvalue weighted by atomic mass is 9.80. The number of piperazine rings is 1. The van der Waals surface area contributed by atoms with Crippen LogP contribution in [0, 0.1) is 11.8 Å². The van der Waals surface area contributed by atoms with E-state index in [1.165, 1.54) is 5.56 Å². The second-order valence-corrected chi connectivity index (χ2v) is 7.91. The summed E-state index contributed by atoms with van der Waals surface area (Å²) in [7, 11) is 0. The molecule has 1 saturated carbocycles. The molecule has 0 spiro atoms. The van der Waals surface area contributed by atoms with E-state index in [2.05, 4.69) is 17.4 Å². The Balaban J connectivity index is 1.37. The van der Waals surface area contributed by atoms with Crippen molar-refractivity contribution in [2.24, 2.45) is 11.8 Å². The summed E-state index contributed by atoms with van der Waals surface area (Å²) in [5.74, 6) is 0.445. The molecule has 1 saturated heterocycles. The maximum atomic E-state index is 12.8. The Hall–Kier alpha value is -2.37. The minimum absolute atomic E-state index is 0.0226. The highest BCUT2D eigenvalue weighted by molar-refractivity contribution is 5.81. The standard InChI is InChI=1S/C22H31N3O3/c1-17(26)24-13-15-25(16-14-24)22(28)20-9-7-19(8-10-20)21(27)23-12-11-18-5-3-2-4-6-18/h2-6,19-20H,7-16H2,1H3,(H,23,27). The fourth-order valence-corrected chi connectivity index (χ4v) is 4.22. The van der Waals surface area contributed by atoms with E-state index in [-0.39, 0.29) is 29.6 Å². The highest BCUT2D eigenvalue weighted by Gasteiger charge is 2.33. The van der Waals surface area contributed by atoms with Gasteiger partial charge in [0.25, 0.3) is 0 Å². The molecule has 1 aliphatic carbocycles. The van der Waals surface area contributed by atoms with E-state index in [1.807, 2.05) is 23.1 Å². The van der Waals surface area contributed by atoms with Gasteiger partial charge in [-0.3, -0.25) is 14.4 Å². The Morgan fingerprint density at radius 2 is 1.46 bits per heavy atom. The van der Waals surface area contributed by atoms with Gasteiger partial charge in [0.05, 0.1) is 0 Å². The second kappa shape index (κ2) is 9.71. The number of benzene rings is 1. The molecule has 0 unspecified atom stereocenters. The fraction of sp³-hybridized carbons (Fsp3) is 0.591. The lowest BCUT2D eigenvalue weighted by Gasteiger charge is -2.37. The quantitative estimate of drug-likeness (QED) is 0.841. The number of carbonyl (C=O) groups is 3. The van der Waals surface area contributed by atoms with E-state index in [9.17, 15) is 14.4 Å². The van der Waals surface area contributed by atoms with Crippen molar-refractivity contribution >= 4 is 17.7 Å². The van der Waals surface area contributed by atoms with Crippen LogP contribution in [-0.2, 0) is 20.8 Å². The average Bonchev–Trinajstić information content (AvgIpc) is 2.74.